The van der Waals surface area contributed by atoms with Crippen LogP contribution in [0.1, 0.15) is 12.5 Å². The van der Waals surface area contributed by atoms with Crippen LogP contribution in [0, 0.1) is 5.92 Å². The lowest BCUT2D eigenvalue weighted by Gasteiger charge is -2.26. The van der Waals surface area contributed by atoms with E-state index in [-0.39, 0.29) is 17.9 Å². The number of hydrogen-bond acceptors (Lipinski definition) is 3. The number of ether oxygens (including phenoxy) is 1. The Bertz CT molecular complexity index is 467. The molecule has 0 aliphatic carbocycles. The topological polar surface area (TPSA) is 41.6 Å². The van der Waals surface area contributed by atoms with Crippen LogP contribution in [0.25, 0.3) is 0 Å². The summed E-state index contributed by atoms with van der Waals surface area (Å²) in [6, 6.07) is 7.74. The van der Waals surface area contributed by atoms with Gasteiger partial charge >= 0.3 is 0 Å². The summed E-state index contributed by atoms with van der Waals surface area (Å²) in [6.07, 6.45) is 0. The molecule has 1 aromatic rings. The highest BCUT2D eigenvalue weighted by Crippen LogP contribution is 2.21. The smallest absolute Gasteiger partial charge is 0.229 e. The number of carbonyl (C=O) groups is 1. The van der Waals surface area contributed by atoms with E-state index < -0.39 is 0 Å². The molecule has 2 atom stereocenters. The molecule has 1 fully saturated rings. The number of likely N-dealkylation sites (N-methyl/N-ethyl adjacent to an activating group) is 1. The van der Waals surface area contributed by atoms with Gasteiger partial charge in [-0.25, -0.2) is 0 Å². The Balaban J connectivity index is 2.08. The number of nitrogens with one attached hydrogen (secondary N) is 1. The predicted octanol–water partition coefficient (Wildman–Crippen LogP) is 1.92. The molecule has 110 valence electrons. The summed E-state index contributed by atoms with van der Waals surface area (Å²) in [6.45, 7) is 4.28. The normalized spacial score (nSPS) is 21.9. The maximum Gasteiger partial charge on any atom is 0.229 e. The number of nitrogens with zero attached hydrogens (tertiary/aromatic N) is 1. The summed E-state index contributed by atoms with van der Waals surface area (Å²) in [7, 11) is 1.87. The zero-order valence-corrected chi connectivity index (χ0v) is 12.7. The quantitative estimate of drug-likeness (QED) is 0.903. The SMILES string of the molecule is CCN(Cc1ccccc1Cl)C(=O)C1COCC1NC. The minimum absolute atomic E-state index is 0.0998. The van der Waals surface area contributed by atoms with Crippen molar-refractivity contribution in [2.75, 3.05) is 26.8 Å². The van der Waals surface area contributed by atoms with Gasteiger partial charge in [0.25, 0.3) is 0 Å². The molecule has 2 unspecified atom stereocenters. The molecule has 1 aliphatic rings. The molecule has 1 amide bonds. The Labute approximate surface area is 125 Å². The van der Waals surface area contributed by atoms with E-state index in [0.717, 1.165) is 5.56 Å². The first-order chi connectivity index (χ1) is 9.67. The van der Waals surface area contributed by atoms with Crippen LogP contribution in [-0.4, -0.2) is 43.7 Å². The zero-order valence-electron chi connectivity index (χ0n) is 11.9. The molecule has 0 saturated carbocycles. The maximum atomic E-state index is 12.6. The van der Waals surface area contributed by atoms with Crippen molar-refractivity contribution in [1.82, 2.24) is 10.2 Å². The third-order valence-corrected chi connectivity index (χ3v) is 4.15. The Morgan fingerprint density at radius 3 is 2.85 bits per heavy atom. The van der Waals surface area contributed by atoms with Crippen LogP contribution in [0.2, 0.25) is 5.02 Å². The fraction of sp³-hybridized carbons (Fsp3) is 0.533. The third kappa shape index (κ3) is 3.32. The first-order valence-electron chi connectivity index (χ1n) is 6.94. The van der Waals surface area contributed by atoms with E-state index in [4.69, 9.17) is 16.3 Å². The Morgan fingerprint density at radius 1 is 1.45 bits per heavy atom. The van der Waals surface area contributed by atoms with Gasteiger partial charge in [0.1, 0.15) is 0 Å². The van der Waals surface area contributed by atoms with Crippen molar-refractivity contribution >= 4 is 17.5 Å². The molecule has 1 saturated heterocycles. The molecule has 2 rings (SSSR count). The van der Waals surface area contributed by atoms with E-state index in [1.807, 2.05) is 43.1 Å². The van der Waals surface area contributed by atoms with E-state index in [1.54, 1.807) is 0 Å². The molecule has 4 nitrogen and oxygen atoms in total. The summed E-state index contributed by atoms with van der Waals surface area (Å²) in [5.41, 5.74) is 0.976. The number of rotatable bonds is 5. The molecule has 1 heterocycles. The summed E-state index contributed by atoms with van der Waals surface area (Å²) < 4.78 is 5.41. The van der Waals surface area contributed by atoms with E-state index >= 15 is 0 Å². The van der Waals surface area contributed by atoms with Crippen LogP contribution in [0.15, 0.2) is 24.3 Å². The van der Waals surface area contributed by atoms with Crippen LogP contribution in [-0.2, 0) is 16.1 Å². The van der Waals surface area contributed by atoms with Gasteiger partial charge in [0.15, 0.2) is 0 Å². The monoisotopic (exact) mass is 296 g/mol. The molecule has 1 aromatic carbocycles. The standard InChI is InChI=1S/C15H21ClN2O2/c1-3-18(8-11-6-4-5-7-13(11)16)15(19)12-9-20-10-14(12)17-2/h4-7,12,14,17H,3,8-10H2,1-2H3. The van der Waals surface area contributed by atoms with E-state index in [1.165, 1.54) is 0 Å². The van der Waals surface area contributed by atoms with Gasteiger partial charge in [-0.2, -0.15) is 0 Å². The average molecular weight is 297 g/mol. The fourth-order valence-electron chi connectivity index (χ4n) is 2.49. The third-order valence-electron chi connectivity index (χ3n) is 3.78. The van der Waals surface area contributed by atoms with E-state index in [0.29, 0.717) is 31.3 Å². The first-order valence-corrected chi connectivity index (χ1v) is 7.32. The number of benzene rings is 1. The second-order valence-corrected chi connectivity index (χ2v) is 5.39. The highest BCUT2D eigenvalue weighted by atomic mass is 35.5. The summed E-state index contributed by atoms with van der Waals surface area (Å²) >= 11 is 6.17. The van der Waals surface area contributed by atoms with Gasteiger partial charge < -0.3 is 15.0 Å². The van der Waals surface area contributed by atoms with Gasteiger partial charge in [-0.05, 0) is 25.6 Å². The first kappa shape index (κ1) is 15.3. The molecular weight excluding hydrogens is 276 g/mol. The van der Waals surface area contributed by atoms with Crippen LogP contribution in [0.5, 0.6) is 0 Å². The van der Waals surface area contributed by atoms with Crippen molar-refractivity contribution in [2.24, 2.45) is 5.92 Å². The van der Waals surface area contributed by atoms with Crippen molar-refractivity contribution in [1.29, 1.82) is 0 Å². The summed E-state index contributed by atoms with van der Waals surface area (Å²) in [5.74, 6) is 0.0201. The molecule has 0 spiro atoms. The highest BCUT2D eigenvalue weighted by molar-refractivity contribution is 6.31. The lowest BCUT2D eigenvalue weighted by atomic mass is 10.0. The second kappa shape index (κ2) is 7.07. The van der Waals surface area contributed by atoms with Gasteiger partial charge in [-0.3, -0.25) is 4.79 Å². The molecule has 1 N–H and O–H groups in total. The second-order valence-electron chi connectivity index (χ2n) is 4.98. The van der Waals surface area contributed by atoms with Crippen LogP contribution in [0.3, 0.4) is 0 Å². The van der Waals surface area contributed by atoms with Crippen molar-refractivity contribution in [3.8, 4) is 0 Å². The average Bonchev–Trinajstić information content (AvgIpc) is 2.94. The summed E-state index contributed by atoms with van der Waals surface area (Å²) in [5, 5.41) is 3.85. The van der Waals surface area contributed by atoms with E-state index in [2.05, 4.69) is 5.32 Å². The number of hydrogen-bond donors (Lipinski definition) is 1. The molecule has 5 heteroatoms. The van der Waals surface area contributed by atoms with Gasteiger partial charge in [-0.15, -0.1) is 0 Å². The molecule has 1 aliphatic heterocycles. The Kier molecular flexibility index (Phi) is 5.40. The van der Waals surface area contributed by atoms with Crippen molar-refractivity contribution < 1.29 is 9.53 Å². The molecule has 20 heavy (non-hydrogen) atoms. The number of amides is 1. The zero-order chi connectivity index (χ0) is 14.5. The summed E-state index contributed by atoms with van der Waals surface area (Å²) in [4.78, 5) is 14.5. The Hall–Kier alpha value is -1.10. The van der Waals surface area contributed by atoms with Gasteiger partial charge in [0.05, 0.1) is 19.1 Å². The highest BCUT2D eigenvalue weighted by Gasteiger charge is 2.35. The number of carbonyl (C=O) groups excluding carboxylic acids is 1. The Morgan fingerprint density at radius 2 is 2.20 bits per heavy atom. The lowest BCUT2D eigenvalue weighted by molar-refractivity contribution is -0.136. The van der Waals surface area contributed by atoms with Gasteiger partial charge in [-0.1, -0.05) is 29.8 Å². The minimum Gasteiger partial charge on any atom is -0.379 e. The molecule has 0 aromatic heterocycles. The predicted molar refractivity (Wildman–Crippen MR) is 79.7 cm³/mol. The van der Waals surface area contributed by atoms with Crippen LogP contribution < -0.4 is 5.32 Å². The van der Waals surface area contributed by atoms with Crippen LogP contribution in [0.4, 0.5) is 0 Å². The largest absolute Gasteiger partial charge is 0.379 e. The molecule has 0 bridgehead atoms. The van der Waals surface area contributed by atoms with Gasteiger partial charge in [0.2, 0.25) is 5.91 Å². The van der Waals surface area contributed by atoms with Crippen LogP contribution >= 0.6 is 11.6 Å². The molecule has 0 radical (unpaired) electrons. The maximum absolute atomic E-state index is 12.6. The van der Waals surface area contributed by atoms with Crippen molar-refractivity contribution in [3.05, 3.63) is 34.9 Å². The van der Waals surface area contributed by atoms with E-state index in [9.17, 15) is 4.79 Å². The van der Waals surface area contributed by atoms with Crippen molar-refractivity contribution in [2.45, 2.75) is 19.5 Å². The van der Waals surface area contributed by atoms with Gasteiger partial charge in [0, 0.05) is 24.2 Å². The number of halogens is 1. The molecular formula is C15H21ClN2O2. The fourth-order valence-corrected chi connectivity index (χ4v) is 2.69. The lowest BCUT2D eigenvalue weighted by Crippen LogP contribution is -2.44. The van der Waals surface area contributed by atoms with Crippen molar-refractivity contribution in [3.63, 3.8) is 0 Å². The minimum atomic E-state index is -0.109.